The zero-order chi connectivity index (χ0) is 14.8. The van der Waals surface area contributed by atoms with Crippen LogP contribution in [0.15, 0.2) is 24.5 Å². The Bertz CT molecular complexity index is 643. The second-order valence-electron chi connectivity index (χ2n) is 5.26. The second kappa shape index (κ2) is 5.55. The minimum Gasteiger partial charge on any atom is -0.365 e. The number of aromatic amines is 1. The van der Waals surface area contributed by atoms with Crippen LogP contribution in [-0.2, 0) is 0 Å². The van der Waals surface area contributed by atoms with E-state index < -0.39 is 0 Å². The van der Waals surface area contributed by atoms with E-state index in [1.54, 1.807) is 6.20 Å². The monoisotopic (exact) mass is 285 g/mol. The van der Waals surface area contributed by atoms with Gasteiger partial charge < -0.3 is 14.8 Å². The smallest absolute Gasteiger partial charge is 0.255 e. The highest BCUT2D eigenvalue weighted by atomic mass is 16.2. The van der Waals surface area contributed by atoms with Crippen molar-refractivity contribution in [3.05, 3.63) is 41.6 Å². The van der Waals surface area contributed by atoms with Crippen LogP contribution in [0.4, 0.5) is 5.82 Å². The van der Waals surface area contributed by atoms with Gasteiger partial charge in [0, 0.05) is 44.3 Å². The largest absolute Gasteiger partial charge is 0.365 e. The molecule has 0 unspecified atom stereocenters. The van der Waals surface area contributed by atoms with Gasteiger partial charge in [-0.15, -0.1) is 0 Å². The van der Waals surface area contributed by atoms with Gasteiger partial charge in [0.05, 0.1) is 5.56 Å². The van der Waals surface area contributed by atoms with Crippen molar-refractivity contribution < 1.29 is 4.79 Å². The number of carbonyl (C=O) groups excluding carboxylic acids is 1. The average Bonchev–Trinajstić information content (AvgIpc) is 2.93. The highest BCUT2D eigenvalue weighted by Gasteiger charge is 2.24. The third-order valence-electron chi connectivity index (χ3n) is 3.84. The lowest BCUT2D eigenvalue weighted by Gasteiger charge is -2.35. The van der Waals surface area contributed by atoms with Crippen molar-refractivity contribution in [2.45, 2.75) is 13.8 Å². The van der Waals surface area contributed by atoms with Crippen molar-refractivity contribution in [2.75, 3.05) is 31.1 Å². The fourth-order valence-corrected chi connectivity index (χ4v) is 2.61. The minimum absolute atomic E-state index is 0.104. The summed E-state index contributed by atoms with van der Waals surface area (Å²) in [5.74, 6) is 1.81. The van der Waals surface area contributed by atoms with Gasteiger partial charge in [-0.25, -0.2) is 9.97 Å². The Morgan fingerprint density at radius 3 is 2.57 bits per heavy atom. The van der Waals surface area contributed by atoms with Crippen LogP contribution in [0.2, 0.25) is 0 Å². The molecule has 0 atom stereocenters. The Balaban J connectivity index is 1.65. The Morgan fingerprint density at radius 2 is 1.95 bits per heavy atom. The number of amides is 1. The molecule has 0 aliphatic carbocycles. The summed E-state index contributed by atoms with van der Waals surface area (Å²) in [4.78, 5) is 28.1. The number of carbonyl (C=O) groups is 1. The number of aryl methyl sites for hydroxylation is 2. The summed E-state index contributed by atoms with van der Waals surface area (Å²) in [5, 5.41) is 0. The van der Waals surface area contributed by atoms with Crippen molar-refractivity contribution >= 4 is 11.7 Å². The van der Waals surface area contributed by atoms with Crippen LogP contribution in [0.1, 0.15) is 21.9 Å². The molecular weight excluding hydrogens is 266 g/mol. The third-order valence-corrected chi connectivity index (χ3v) is 3.84. The maximum Gasteiger partial charge on any atom is 0.255 e. The second-order valence-corrected chi connectivity index (χ2v) is 5.26. The molecule has 0 saturated carbocycles. The first-order valence-corrected chi connectivity index (χ1v) is 7.13. The Morgan fingerprint density at radius 1 is 1.19 bits per heavy atom. The number of nitrogens with one attached hydrogen (secondary N) is 1. The molecule has 3 heterocycles. The minimum atomic E-state index is 0.104. The molecule has 0 bridgehead atoms. The normalized spacial score (nSPS) is 15.3. The van der Waals surface area contributed by atoms with Gasteiger partial charge in [0.15, 0.2) is 0 Å². The van der Waals surface area contributed by atoms with Gasteiger partial charge in [0.2, 0.25) is 0 Å². The Kier molecular flexibility index (Phi) is 3.60. The van der Waals surface area contributed by atoms with E-state index in [4.69, 9.17) is 0 Å². The van der Waals surface area contributed by atoms with Crippen molar-refractivity contribution in [1.82, 2.24) is 19.9 Å². The fourth-order valence-electron chi connectivity index (χ4n) is 2.61. The van der Waals surface area contributed by atoms with E-state index in [1.807, 2.05) is 37.1 Å². The van der Waals surface area contributed by atoms with E-state index in [0.717, 1.165) is 36.0 Å². The molecule has 1 aliphatic heterocycles. The van der Waals surface area contributed by atoms with E-state index in [1.165, 1.54) is 0 Å². The van der Waals surface area contributed by atoms with Crippen molar-refractivity contribution in [3.63, 3.8) is 0 Å². The van der Waals surface area contributed by atoms with E-state index >= 15 is 0 Å². The standard InChI is InChI=1S/C15H19N5O/c1-11-13(3-5-16-11)15(21)20-9-7-19(8-10-20)14-4-6-17-12(2)18-14/h3-6,16H,7-10H2,1-2H3. The first-order chi connectivity index (χ1) is 10.1. The molecule has 3 rings (SSSR count). The summed E-state index contributed by atoms with van der Waals surface area (Å²) in [6.45, 7) is 6.83. The number of hydrogen-bond donors (Lipinski definition) is 1. The van der Waals surface area contributed by atoms with Crippen LogP contribution in [0.3, 0.4) is 0 Å². The molecule has 0 spiro atoms. The molecule has 0 aromatic carbocycles. The van der Waals surface area contributed by atoms with Gasteiger partial charge in [0.1, 0.15) is 11.6 Å². The maximum atomic E-state index is 12.4. The van der Waals surface area contributed by atoms with Gasteiger partial charge in [-0.1, -0.05) is 0 Å². The highest BCUT2D eigenvalue weighted by molar-refractivity contribution is 5.95. The first-order valence-electron chi connectivity index (χ1n) is 7.13. The molecule has 110 valence electrons. The predicted octanol–water partition coefficient (Wildman–Crippen LogP) is 1.38. The molecule has 1 saturated heterocycles. The summed E-state index contributed by atoms with van der Waals surface area (Å²) in [6, 6.07) is 3.76. The quantitative estimate of drug-likeness (QED) is 0.905. The average molecular weight is 285 g/mol. The molecule has 1 amide bonds. The maximum absolute atomic E-state index is 12.4. The van der Waals surface area contributed by atoms with Crippen LogP contribution < -0.4 is 4.90 Å². The summed E-state index contributed by atoms with van der Waals surface area (Å²) < 4.78 is 0. The van der Waals surface area contributed by atoms with E-state index in [-0.39, 0.29) is 5.91 Å². The zero-order valence-corrected chi connectivity index (χ0v) is 12.3. The first kappa shape index (κ1) is 13.6. The van der Waals surface area contributed by atoms with Crippen LogP contribution >= 0.6 is 0 Å². The van der Waals surface area contributed by atoms with Gasteiger partial charge >= 0.3 is 0 Å². The molecule has 1 N–H and O–H groups in total. The van der Waals surface area contributed by atoms with Crippen LogP contribution in [-0.4, -0.2) is 51.9 Å². The van der Waals surface area contributed by atoms with Crippen LogP contribution in [0.5, 0.6) is 0 Å². The summed E-state index contributed by atoms with van der Waals surface area (Å²) in [6.07, 6.45) is 3.58. The number of hydrogen-bond acceptors (Lipinski definition) is 4. The topological polar surface area (TPSA) is 65.1 Å². The molecule has 0 radical (unpaired) electrons. The van der Waals surface area contributed by atoms with E-state index in [0.29, 0.717) is 13.1 Å². The number of rotatable bonds is 2. The summed E-state index contributed by atoms with van der Waals surface area (Å²) in [7, 11) is 0. The van der Waals surface area contributed by atoms with Gasteiger partial charge in [-0.05, 0) is 26.0 Å². The molecule has 6 nitrogen and oxygen atoms in total. The van der Waals surface area contributed by atoms with Crippen LogP contribution in [0.25, 0.3) is 0 Å². The predicted molar refractivity (Wildman–Crippen MR) is 80.4 cm³/mol. The highest BCUT2D eigenvalue weighted by Crippen LogP contribution is 2.15. The lowest BCUT2D eigenvalue weighted by atomic mass is 10.2. The zero-order valence-electron chi connectivity index (χ0n) is 12.3. The van der Waals surface area contributed by atoms with Crippen molar-refractivity contribution in [1.29, 1.82) is 0 Å². The van der Waals surface area contributed by atoms with Gasteiger partial charge in [0.25, 0.3) is 5.91 Å². The molecule has 21 heavy (non-hydrogen) atoms. The molecule has 2 aromatic rings. The lowest BCUT2D eigenvalue weighted by Crippen LogP contribution is -2.49. The number of aromatic nitrogens is 3. The number of anilines is 1. The number of piperazine rings is 1. The molecule has 2 aromatic heterocycles. The summed E-state index contributed by atoms with van der Waals surface area (Å²) >= 11 is 0. The van der Waals surface area contributed by atoms with E-state index in [9.17, 15) is 4.79 Å². The summed E-state index contributed by atoms with van der Waals surface area (Å²) in [5.41, 5.74) is 1.69. The SMILES string of the molecule is Cc1nccc(N2CCN(C(=O)c3cc[nH]c3C)CC2)n1. The fraction of sp³-hybridized carbons (Fsp3) is 0.400. The number of nitrogens with zero attached hydrogens (tertiary/aromatic N) is 4. The molecule has 1 fully saturated rings. The molecule has 6 heteroatoms. The third kappa shape index (κ3) is 2.74. The van der Waals surface area contributed by atoms with Crippen molar-refractivity contribution in [3.8, 4) is 0 Å². The van der Waals surface area contributed by atoms with Gasteiger partial charge in [-0.3, -0.25) is 4.79 Å². The van der Waals surface area contributed by atoms with Crippen LogP contribution in [0, 0.1) is 13.8 Å². The Hall–Kier alpha value is -2.37. The van der Waals surface area contributed by atoms with Gasteiger partial charge in [-0.2, -0.15) is 0 Å². The lowest BCUT2D eigenvalue weighted by molar-refractivity contribution is 0.0746. The molecule has 1 aliphatic rings. The van der Waals surface area contributed by atoms with E-state index in [2.05, 4.69) is 19.9 Å². The van der Waals surface area contributed by atoms with Crippen molar-refractivity contribution in [2.24, 2.45) is 0 Å². The molecular formula is C15H19N5O. The number of H-pyrrole nitrogens is 1. The Labute approximate surface area is 123 Å².